The van der Waals surface area contributed by atoms with Crippen molar-refractivity contribution in [2.24, 2.45) is 21.8 Å². The SMILES string of the molecule is C=C(CCCCCC)CCC1CCN(C(/C=C\C2=NC(C(/C=C3/C(C)=C=C(C)C(C)=CC3C)=N/C)=CC(=O)C(=C)C2)=C/C)CC1. The summed E-state index contributed by atoms with van der Waals surface area (Å²) < 4.78 is 0. The van der Waals surface area contributed by atoms with Crippen LogP contribution in [0.25, 0.3) is 0 Å². The number of aliphatic imine (C=N–C) groups is 2. The van der Waals surface area contributed by atoms with Crippen molar-refractivity contribution in [3.8, 4) is 0 Å². The van der Waals surface area contributed by atoms with Crippen molar-refractivity contribution in [1.29, 1.82) is 0 Å². The maximum atomic E-state index is 13.0. The van der Waals surface area contributed by atoms with Crippen LogP contribution in [-0.4, -0.2) is 42.2 Å². The van der Waals surface area contributed by atoms with E-state index in [9.17, 15) is 4.79 Å². The molecule has 3 aliphatic rings. The fraction of sp³-hybridized carbons (Fsp3) is 0.512. The highest BCUT2D eigenvalue weighted by Gasteiger charge is 2.21. The third-order valence-corrected chi connectivity index (χ3v) is 9.47. The predicted molar refractivity (Wildman–Crippen MR) is 195 cm³/mol. The molecular weight excluding hydrogens is 550 g/mol. The highest BCUT2D eigenvalue weighted by atomic mass is 16.1. The molecule has 4 heteroatoms. The van der Waals surface area contributed by atoms with Crippen molar-refractivity contribution in [3.05, 3.63) is 100 Å². The van der Waals surface area contributed by atoms with Crippen molar-refractivity contribution in [3.63, 3.8) is 0 Å². The molecule has 1 saturated heterocycles. The van der Waals surface area contributed by atoms with Gasteiger partial charge in [-0.15, -0.1) is 5.73 Å². The molecular formula is C41H57N3O. The van der Waals surface area contributed by atoms with Gasteiger partial charge in [-0.25, -0.2) is 0 Å². The number of carbonyl (C=O) groups is 1. The number of nitrogens with zero attached hydrogens (tertiary/aromatic N) is 3. The molecule has 45 heavy (non-hydrogen) atoms. The van der Waals surface area contributed by atoms with E-state index >= 15 is 0 Å². The molecule has 1 aliphatic carbocycles. The number of allylic oxidation sites excluding steroid dienone is 11. The van der Waals surface area contributed by atoms with E-state index in [0.717, 1.165) is 41.4 Å². The van der Waals surface area contributed by atoms with Crippen LogP contribution in [0.4, 0.5) is 0 Å². The largest absolute Gasteiger partial charge is 0.372 e. The van der Waals surface area contributed by atoms with Crippen LogP contribution in [0.1, 0.15) is 106 Å². The van der Waals surface area contributed by atoms with Gasteiger partial charge in [0.2, 0.25) is 0 Å². The van der Waals surface area contributed by atoms with Gasteiger partial charge >= 0.3 is 0 Å². The lowest BCUT2D eigenvalue weighted by atomic mass is 9.89. The van der Waals surface area contributed by atoms with Crippen LogP contribution < -0.4 is 0 Å². The summed E-state index contributed by atoms with van der Waals surface area (Å²) >= 11 is 0. The molecule has 0 aromatic heterocycles. The Balaban J connectivity index is 1.70. The summed E-state index contributed by atoms with van der Waals surface area (Å²) in [6.07, 6.45) is 24.0. The molecule has 3 rings (SSSR count). The maximum Gasteiger partial charge on any atom is 0.183 e. The Morgan fingerprint density at radius 2 is 1.87 bits per heavy atom. The number of carbonyl (C=O) groups excluding carboxylic acids is 1. The van der Waals surface area contributed by atoms with Gasteiger partial charge in [0, 0.05) is 50.0 Å². The Hall–Kier alpha value is -3.49. The second-order valence-electron chi connectivity index (χ2n) is 13.1. The summed E-state index contributed by atoms with van der Waals surface area (Å²) in [5.41, 5.74) is 13.4. The average molecular weight is 608 g/mol. The van der Waals surface area contributed by atoms with E-state index in [0.29, 0.717) is 23.4 Å². The zero-order valence-corrected chi connectivity index (χ0v) is 29.3. The molecule has 4 nitrogen and oxygen atoms in total. The Kier molecular flexibility index (Phi) is 14.3. The summed E-state index contributed by atoms with van der Waals surface area (Å²) in [5.74, 6) is 0.877. The fourth-order valence-corrected chi connectivity index (χ4v) is 6.39. The normalized spacial score (nSPS) is 21.8. The summed E-state index contributed by atoms with van der Waals surface area (Å²) in [7, 11) is 1.76. The van der Waals surface area contributed by atoms with E-state index in [1.165, 1.54) is 74.6 Å². The standard InChI is InChI=1S/C41H57N3O/c1-10-12-13-14-15-29(3)16-17-35-20-22-44(23-21-35)37(11-2)19-18-36-26-34(8)41(45)28-40(43-36)39(42-9)27-38-32(6)24-30(4)31(5)25-33(38)7/h11,18-19,24,27-28,32,35H,3,8,10,12-17,20-23,26H2,1-2,4-7,9H3/b19-18-,37-11+,38-27+,42-39+. The van der Waals surface area contributed by atoms with Crippen LogP contribution in [-0.2, 0) is 4.79 Å². The van der Waals surface area contributed by atoms with Crippen LogP contribution >= 0.6 is 0 Å². The van der Waals surface area contributed by atoms with Gasteiger partial charge in [-0.3, -0.25) is 14.8 Å². The van der Waals surface area contributed by atoms with E-state index in [2.05, 4.69) is 101 Å². The van der Waals surface area contributed by atoms with Gasteiger partial charge in [-0.1, -0.05) is 64.0 Å². The topological polar surface area (TPSA) is 45.0 Å². The molecule has 0 spiro atoms. The van der Waals surface area contributed by atoms with E-state index in [-0.39, 0.29) is 11.7 Å². The lowest BCUT2D eigenvalue weighted by Crippen LogP contribution is -2.32. The minimum absolute atomic E-state index is 0.0960. The quantitative estimate of drug-likeness (QED) is 0.0522. The zero-order valence-electron chi connectivity index (χ0n) is 29.3. The van der Waals surface area contributed by atoms with Crippen LogP contribution in [0.2, 0.25) is 0 Å². The van der Waals surface area contributed by atoms with Crippen molar-refractivity contribution >= 4 is 17.2 Å². The number of ketones is 1. The van der Waals surface area contributed by atoms with E-state index in [1.807, 2.05) is 0 Å². The van der Waals surface area contributed by atoms with Crippen LogP contribution in [0.15, 0.2) is 110 Å². The molecule has 1 fully saturated rings. The fourth-order valence-electron chi connectivity index (χ4n) is 6.39. The van der Waals surface area contributed by atoms with Crippen LogP contribution in [0.3, 0.4) is 0 Å². The Labute approximate surface area is 274 Å². The van der Waals surface area contributed by atoms with E-state index < -0.39 is 0 Å². The summed E-state index contributed by atoms with van der Waals surface area (Å²) in [6, 6.07) is 0. The highest BCUT2D eigenvalue weighted by Crippen LogP contribution is 2.29. The molecule has 2 heterocycles. The second-order valence-corrected chi connectivity index (χ2v) is 13.1. The van der Waals surface area contributed by atoms with Crippen molar-refractivity contribution in [1.82, 2.24) is 4.90 Å². The molecule has 0 bridgehead atoms. The van der Waals surface area contributed by atoms with Crippen molar-refractivity contribution in [2.75, 3.05) is 20.1 Å². The number of hydrogen-bond acceptors (Lipinski definition) is 4. The zero-order chi connectivity index (χ0) is 32.9. The first kappa shape index (κ1) is 36.0. The summed E-state index contributed by atoms with van der Waals surface area (Å²) in [5, 5.41) is 0. The molecule has 0 radical (unpaired) electrons. The van der Waals surface area contributed by atoms with Gasteiger partial charge in [0.15, 0.2) is 5.78 Å². The Morgan fingerprint density at radius 3 is 2.53 bits per heavy atom. The number of hydrogen-bond donors (Lipinski definition) is 0. The summed E-state index contributed by atoms with van der Waals surface area (Å²) in [6.45, 7) is 23.4. The summed E-state index contributed by atoms with van der Waals surface area (Å²) in [4.78, 5) is 25.0. The minimum Gasteiger partial charge on any atom is -0.372 e. The first-order valence-electron chi connectivity index (χ1n) is 17.2. The van der Waals surface area contributed by atoms with Crippen LogP contribution in [0.5, 0.6) is 0 Å². The minimum atomic E-state index is -0.0960. The van der Waals surface area contributed by atoms with Crippen LogP contribution in [0, 0.1) is 11.8 Å². The van der Waals surface area contributed by atoms with Gasteiger partial charge in [0.05, 0.1) is 11.4 Å². The first-order chi connectivity index (χ1) is 21.6. The maximum absolute atomic E-state index is 13.0. The molecule has 0 aromatic rings. The van der Waals surface area contributed by atoms with Crippen molar-refractivity contribution < 1.29 is 4.79 Å². The molecule has 0 aromatic carbocycles. The molecule has 242 valence electrons. The predicted octanol–water partition coefficient (Wildman–Crippen LogP) is 10.4. The van der Waals surface area contributed by atoms with Gasteiger partial charge in [0.1, 0.15) is 0 Å². The molecule has 1 unspecified atom stereocenters. The highest BCUT2D eigenvalue weighted by molar-refractivity contribution is 6.19. The second kappa shape index (κ2) is 17.9. The Bertz CT molecular complexity index is 1410. The lowest BCUT2D eigenvalue weighted by Gasteiger charge is -2.34. The molecule has 0 N–H and O–H groups in total. The van der Waals surface area contributed by atoms with Gasteiger partial charge in [-0.2, -0.15) is 0 Å². The number of likely N-dealkylation sites (tertiary alicyclic amines) is 1. The number of piperidine rings is 1. The van der Waals surface area contributed by atoms with Gasteiger partial charge in [0.25, 0.3) is 0 Å². The monoisotopic (exact) mass is 607 g/mol. The Morgan fingerprint density at radius 1 is 1.13 bits per heavy atom. The van der Waals surface area contributed by atoms with E-state index in [4.69, 9.17) is 4.99 Å². The number of unbranched alkanes of at least 4 members (excludes halogenated alkanes) is 3. The molecule has 0 amide bonds. The van der Waals surface area contributed by atoms with E-state index in [1.54, 1.807) is 13.1 Å². The lowest BCUT2D eigenvalue weighted by molar-refractivity contribution is -0.111. The molecule has 0 saturated carbocycles. The average Bonchev–Trinajstić information content (AvgIpc) is 3.21. The third kappa shape index (κ3) is 10.8. The first-order valence-corrected chi connectivity index (χ1v) is 17.2. The smallest absolute Gasteiger partial charge is 0.183 e. The van der Waals surface area contributed by atoms with Gasteiger partial charge < -0.3 is 4.90 Å². The van der Waals surface area contributed by atoms with Gasteiger partial charge in [-0.05, 0) is 118 Å². The third-order valence-electron chi connectivity index (χ3n) is 9.47. The number of rotatable bonds is 13. The molecule has 2 aliphatic heterocycles. The molecule has 1 atom stereocenters. The van der Waals surface area contributed by atoms with Crippen molar-refractivity contribution in [2.45, 2.75) is 106 Å².